The van der Waals surface area contributed by atoms with E-state index >= 15 is 0 Å². The molecule has 1 heterocycles. The Bertz CT molecular complexity index is 504. The van der Waals surface area contributed by atoms with Gasteiger partial charge in [-0.1, -0.05) is 11.6 Å². The molecule has 0 fully saturated rings. The predicted octanol–water partition coefficient (Wildman–Crippen LogP) is 3.80. The molecule has 112 valence electrons. The molecule has 0 radical (unpaired) electrons. The van der Waals surface area contributed by atoms with Gasteiger partial charge >= 0.3 is 12.1 Å². The highest BCUT2D eigenvalue weighted by Crippen LogP contribution is 2.41. The molecule has 20 heavy (non-hydrogen) atoms. The lowest BCUT2D eigenvalue weighted by atomic mass is 10.0. The maximum atomic E-state index is 12.9. The molecule has 0 N–H and O–H groups in total. The Labute approximate surface area is 115 Å². The molecule has 0 spiro atoms. The third-order valence-electron chi connectivity index (χ3n) is 2.27. The molecule has 1 aromatic heterocycles. The zero-order valence-corrected chi connectivity index (χ0v) is 10.9. The fraction of sp³-hybridized carbons (Fsp3) is 0.455. The number of pyridine rings is 1. The summed E-state index contributed by atoms with van der Waals surface area (Å²) in [7, 11) is 0. The van der Waals surface area contributed by atoms with E-state index in [0.717, 1.165) is 0 Å². The number of rotatable bonds is 4. The van der Waals surface area contributed by atoms with Crippen LogP contribution in [0.3, 0.4) is 0 Å². The minimum absolute atomic E-state index is 0.0462. The van der Waals surface area contributed by atoms with Crippen LogP contribution in [0.1, 0.15) is 30.2 Å². The summed E-state index contributed by atoms with van der Waals surface area (Å²) >= 11 is 5.34. The van der Waals surface area contributed by atoms with Crippen molar-refractivity contribution in [2.75, 3.05) is 6.61 Å². The van der Waals surface area contributed by atoms with Crippen molar-refractivity contribution in [2.24, 2.45) is 0 Å². The van der Waals surface area contributed by atoms with Crippen LogP contribution in [0.25, 0.3) is 0 Å². The van der Waals surface area contributed by atoms with E-state index in [1.165, 1.54) is 6.92 Å². The van der Waals surface area contributed by atoms with Crippen LogP contribution in [0.2, 0.25) is 5.02 Å². The van der Waals surface area contributed by atoms with Crippen molar-refractivity contribution in [3.8, 4) is 0 Å². The van der Waals surface area contributed by atoms with Crippen LogP contribution in [-0.2, 0) is 22.1 Å². The molecule has 0 saturated carbocycles. The predicted molar refractivity (Wildman–Crippen MR) is 59.5 cm³/mol. The smallest absolute Gasteiger partial charge is 0.418 e. The highest BCUT2D eigenvalue weighted by atomic mass is 35.5. The molecule has 0 aromatic carbocycles. The van der Waals surface area contributed by atoms with E-state index < -0.39 is 46.8 Å². The summed E-state index contributed by atoms with van der Waals surface area (Å²) in [6.45, 7) is 1.41. The van der Waals surface area contributed by atoms with E-state index in [1.54, 1.807) is 0 Å². The van der Waals surface area contributed by atoms with Crippen LogP contribution < -0.4 is 0 Å². The second-order valence-corrected chi connectivity index (χ2v) is 4.03. The Kier molecular flexibility index (Phi) is 5.27. The second-order valence-electron chi connectivity index (χ2n) is 3.62. The lowest BCUT2D eigenvalue weighted by molar-refractivity contribution is -0.144. The SMILES string of the molecule is CCOC(=O)Cc1ncc(Cl)c(C(F)F)c1C(F)(F)F. The molecule has 0 bridgehead atoms. The first kappa shape index (κ1) is 16.6. The Balaban J connectivity index is 3.38. The van der Waals surface area contributed by atoms with E-state index in [0.29, 0.717) is 6.20 Å². The zero-order valence-electron chi connectivity index (χ0n) is 10.1. The van der Waals surface area contributed by atoms with Crippen molar-refractivity contribution in [1.29, 1.82) is 0 Å². The zero-order chi connectivity index (χ0) is 15.5. The summed E-state index contributed by atoms with van der Waals surface area (Å²) < 4.78 is 68.7. The lowest BCUT2D eigenvalue weighted by Crippen LogP contribution is -2.19. The summed E-state index contributed by atoms with van der Waals surface area (Å²) in [5, 5.41) is -0.806. The number of ether oxygens (including phenoxy) is 1. The number of alkyl halides is 5. The molecule has 0 aliphatic rings. The fourth-order valence-corrected chi connectivity index (χ4v) is 1.78. The molecular formula is C11H9ClF5NO2. The van der Waals surface area contributed by atoms with Crippen LogP contribution >= 0.6 is 11.6 Å². The van der Waals surface area contributed by atoms with Crippen molar-refractivity contribution in [2.45, 2.75) is 25.9 Å². The van der Waals surface area contributed by atoms with Crippen molar-refractivity contribution in [3.63, 3.8) is 0 Å². The first-order valence-electron chi connectivity index (χ1n) is 5.36. The summed E-state index contributed by atoms with van der Waals surface area (Å²) in [5.41, 5.74) is -3.91. The Morgan fingerprint density at radius 1 is 1.45 bits per heavy atom. The average Bonchev–Trinajstić information content (AvgIpc) is 2.29. The summed E-state index contributed by atoms with van der Waals surface area (Å²) in [6, 6.07) is 0. The number of hydrogen-bond acceptors (Lipinski definition) is 3. The maximum absolute atomic E-state index is 12.9. The first-order chi connectivity index (χ1) is 9.18. The van der Waals surface area contributed by atoms with Gasteiger partial charge < -0.3 is 4.74 Å². The molecule has 0 amide bonds. The van der Waals surface area contributed by atoms with Gasteiger partial charge in [0, 0.05) is 6.20 Å². The van der Waals surface area contributed by atoms with Crippen LogP contribution in [0.5, 0.6) is 0 Å². The molecule has 0 aliphatic heterocycles. The lowest BCUT2D eigenvalue weighted by Gasteiger charge is -2.17. The monoisotopic (exact) mass is 317 g/mol. The maximum Gasteiger partial charge on any atom is 0.418 e. The largest absolute Gasteiger partial charge is 0.466 e. The molecule has 0 aliphatic carbocycles. The van der Waals surface area contributed by atoms with Crippen LogP contribution in [0.4, 0.5) is 22.0 Å². The normalized spacial score (nSPS) is 11.8. The van der Waals surface area contributed by atoms with Gasteiger partial charge in [0.2, 0.25) is 0 Å². The Morgan fingerprint density at radius 3 is 2.50 bits per heavy atom. The highest BCUT2D eigenvalue weighted by molar-refractivity contribution is 6.31. The van der Waals surface area contributed by atoms with Crippen molar-refractivity contribution < 1.29 is 31.5 Å². The molecule has 1 rings (SSSR count). The van der Waals surface area contributed by atoms with Gasteiger partial charge in [0.25, 0.3) is 6.43 Å². The molecule has 1 aromatic rings. The number of nitrogens with zero attached hydrogens (tertiary/aromatic N) is 1. The van der Waals surface area contributed by atoms with Gasteiger partial charge in [-0.3, -0.25) is 9.78 Å². The van der Waals surface area contributed by atoms with E-state index in [2.05, 4.69) is 9.72 Å². The number of carbonyl (C=O) groups excluding carboxylic acids is 1. The van der Waals surface area contributed by atoms with E-state index in [4.69, 9.17) is 11.6 Å². The highest BCUT2D eigenvalue weighted by Gasteiger charge is 2.40. The van der Waals surface area contributed by atoms with E-state index in [1.807, 2.05) is 0 Å². The quantitative estimate of drug-likeness (QED) is 0.626. The third kappa shape index (κ3) is 3.78. The summed E-state index contributed by atoms with van der Waals surface area (Å²) in [6.07, 6.45) is -8.75. The van der Waals surface area contributed by atoms with Crippen LogP contribution in [-0.4, -0.2) is 17.6 Å². The van der Waals surface area contributed by atoms with Gasteiger partial charge in [0.05, 0.1) is 34.9 Å². The molecule has 0 unspecified atom stereocenters. The topological polar surface area (TPSA) is 39.2 Å². The van der Waals surface area contributed by atoms with Gasteiger partial charge in [-0.05, 0) is 6.92 Å². The fourth-order valence-electron chi connectivity index (χ4n) is 1.56. The standard InChI is InChI=1S/C11H9ClF5NO2/c1-2-20-7(19)3-6-9(11(15,16)17)8(10(13)14)5(12)4-18-6/h4,10H,2-3H2,1H3. The van der Waals surface area contributed by atoms with Gasteiger partial charge in [-0.25, -0.2) is 8.78 Å². The van der Waals surface area contributed by atoms with Gasteiger partial charge in [-0.2, -0.15) is 13.2 Å². The van der Waals surface area contributed by atoms with Crippen molar-refractivity contribution in [3.05, 3.63) is 28.0 Å². The van der Waals surface area contributed by atoms with Gasteiger partial charge in [0.1, 0.15) is 0 Å². The average molecular weight is 318 g/mol. The molecule has 0 atom stereocenters. The number of aromatic nitrogens is 1. The van der Waals surface area contributed by atoms with E-state index in [-0.39, 0.29) is 6.61 Å². The van der Waals surface area contributed by atoms with Crippen molar-refractivity contribution >= 4 is 17.6 Å². The molecule has 3 nitrogen and oxygen atoms in total. The summed E-state index contributed by atoms with van der Waals surface area (Å²) in [5.74, 6) is -0.993. The number of carbonyl (C=O) groups is 1. The minimum Gasteiger partial charge on any atom is -0.466 e. The Morgan fingerprint density at radius 2 is 2.05 bits per heavy atom. The number of hydrogen-bond donors (Lipinski definition) is 0. The molecular weight excluding hydrogens is 309 g/mol. The van der Waals surface area contributed by atoms with Crippen LogP contribution in [0.15, 0.2) is 6.20 Å². The number of esters is 1. The van der Waals surface area contributed by atoms with E-state index in [9.17, 15) is 26.7 Å². The number of halogens is 6. The van der Waals surface area contributed by atoms with Gasteiger partial charge in [-0.15, -0.1) is 0 Å². The second kappa shape index (κ2) is 6.34. The molecule has 9 heteroatoms. The first-order valence-corrected chi connectivity index (χ1v) is 5.74. The van der Waals surface area contributed by atoms with Crippen molar-refractivity contribution in [1.82, 2.24) is 4.98 Å². The van der Waals surface area contributed by atoms with Gasteiger partial charge in [0.15, 0.2) is 0 Å². The molecule has 0 saturated heterocycles. The Hall–Kier alpha value is -1.44. The third-order valence-corrected chi connectivity index (χ3v) is 2.57. The van der Waals surface area contributed by atoms with Crippen LogP contribution in [0, 0.1) is 0 Å². The minimum atomic E-state index is -5.11. The summed E-state index contributed by atoms with van der Waals surface area (Å²) in [4.78, 5) is 14.5.